The Kier molecular flexibility index (Phi) is 8.51. The van der Waals surface area contributed by atoms with Gasteiger partial charge in [-0.1, -0.05) is 82.2 Å². The van der Waals surface area contributed by atoms with Gasteiger partial charge in [-0.05, 0) is 31.7 Å². The molecule has 0 atom stereocenters. The second-order valence-corrected chi connectivity index (χ2v) is 7.00. The van der Waals surface area contributed by atoms with E-state index in [4.69, 9.17) is 0 Å². The van der Waals surface area contributed by atoms with Crippen LogP contribution in [0.4, 0.5) is 0 Å². The Hall–Kier alpha value is -1.83. The first-order valence-electron chi connectivity index (χ1n) is 10.0. The van der Waals surface area contributed by atoms with Crippen molar-refractivity contribution in [2.24, 2.45) is 0 Å². The highest BCUT2D eigenvalue weighted by molar-refractivity contribution is 5.88. The third-order valence-corrected chi connectivity index (χ3v) is 4.84. The first-order chi connectivity index (χ1) is 12.3. The quantitative estimate of drug-likeness (QED) is 0.437. The molecule has 2 rings (SSSR count). The molecular weight excluding hydrogens is 306 g/mol. The number of aromatic nitrogens is 1. The predicted molar refractivity (Wildman–Crippen MR) is 109 cm³/mol. The molecule has 0 amide bonds. The zero-order valence-corrected chi connectivity index (χ0v) is 15.9. The number of benzene rings is 1. The maximum absolute atomic E-state index is 10.6. The number of pyridine rings is 1. The summed E-state index contributed by atoms with van der Waals surface area (Å²) in [5.41, 5.74) is 3.08. The zero-order valence-electron chi connectivity index (χ0n) is 15.9. The smallest absolute Gasteiger partial charge is 0.149 e. The highest BCUT2D eigenvalue weighted by Gasteiger charge is 2.07. The van der Waals surface area contributed by atoms with E-state index in [1.165, 1.54) is 56.9 Å². The molecule has 1 N–H and O–H groups in total. The molecule has 0 saturated heterocycles. The lowest BCUT2D eigenvalue weighted by atomic mass is 9.97. The average molecular weight is 340 g/mol. The Balaban J connectivity index is 2.12. The number of hydrogen-bond acceptors (Lipinski definition) is 2. The van der Waals surface area contributed by atoms with Crippen molar-refractivity contribution in [1.29, 1.82) is 0 Å². The Morgan fingerprint density at radius 1 is 0.920 bits per heavy atom. The van der Waals surface area contributed by atoms with Crippen molar-refractivity contribution in [2.75, 3.05) is 0 Å². The van der Waals surface area contributed by atoms with Crippen LogP contribution in [0.3, 0.4) is 0 Å². The van der Waals surface area contributed by atoms with E-state index in [9.17, 15) is 5.11 Å². The second-order valence-electron chi connectivity index (χ2n) is 7.00. The van der Waals surface area contributed by atoms with Crippen LogP contribution in [0.1, 0.15) is 83.6 Å². The van der Waals surface area contributed by atoms with E-state index in [-0.39, 0.29) is 0 Å². The molecule has 25 heavy (non-hydrogen) atoms. The first-order valence-corrected chi connectivity index (χ1v) is 10.0. The fourth-order valence-corrected chi connectivity index (χ4v) is 3.31. The van der Waals surface area contributed by atoms with Gasteiger partial charge in [-0.2, -0.15) is 0 Å². The summed E-state index contributed by atoms with van der Waals surface area (Å²) in [6.07, 6.45) is 16.5. The van der Waals surface area contributed by atoms with Gasteiger partial charge in [-0.3, -0.25) is 4.98 Å². The van der Waals surface area contributed by atoms with E-state index in [1.807, 2.05) is 18.2 Å². The van der Waals surface area contributed by atoms with Crippen LogP contribution in [0.15, 0.2) is 36.0 Å². The minimum atomic E-state index is 0.317. The fraction of sp³-hybridized carbons (Fsp3) is 0.522. The van der Waals surface area contributed by atoms with Crippen molar-refractivity contribution in [1.82, 2.24) is 4.98 Å². The van der Waals surface area contributed by atoms with Crippen LogP contribution in [0.25, 0.3) is 17.0 Å². The summed E-state index contributed by atoms with van der Waals surface area (Å²) in [6, 6.07) is 7.98. The second kappa shape index (κ2) is 10.9. The van der Waals surface area contributed by atoms with Gasteiger partial charge in [-0.25, -0.2) is 0 Å². The maximum Gasteiger partial charge on any atom is 0.149 e. The molecule has 0 saturated carbocycles. The molecule has 0 aliphatic carbocycles. The molecule has 0 bridgehead atoms. The van der Waals surface area contributed by atoms with Gasteiger partial charge in [-0.15, -0.1) is 0 Å². The molecule has 0 unspecified atom stereocenters. The van der Waals surface area contributed by atoms with E-state index in [0.717, 1.165) is 23.8 Å². The number of fused-ring (bicyclic) bond motifs is 1. The van der Waals surface area contributed by atoms with E-state index in [2.05, 4.69) is 31.0 Å². The number of rotatable bonds is 11. The van der Waals surface area contributed by atoms with E-state index < -0.39 is 0 Å². The molecule has 1 heterocycles. The molecule has 2 nitrogen and oxygen atoms in total. The first kappa shape index (κ1) is 19.5. The van der Waals surface area contributed by atoms with Crippen LogP contribution in [-0.2, 0) is 0 Å². The van der Waals surface area contributed by atoms with Crippen LogP contribution in [0, 0.1) is 0 Å². The van der Waals surface area contributed by atoms with E-state index >= 15 is 0 Å². The minimum absolute atomic E-state index is 0.317. The van der Waals surface area contributed by atoms with Crippen molar-refractivity contribution in [3.05, 3.63) is 41.6 Å². The predicted octanol–water partition coefficient (Wildman–Crippen LogP) is 7.26. The molecule has 1 aromatic heterocycles. The third-order valence-electron chi connectivity index (χ3n) is 4.84. The summed E-state index contributed by atoms with van der Waals surface area (Å²) in [6.45, 7) is 4.50. The largest absolute Gasteiger partial charge is 0.505 e. The van der Waals surface area contributed by atoms with Crippen LogP contribution in [-0.4, -0.2) is 10.1 Å². The van der Waals surface area contributed by atoms with E-state index in [0.29, 0.717) is 11.3 Å². The minimum Gasteiger partial charge on any atom is -0.505 e. The van der Waals surface area contributed by atoms with Gasteiger partial charge in [0.2, 0.25) is 0 Å². The fourth-order valence-electron chi connectivity index (χ4n) is 3.31. The van der Waals surface area contributed by atoms with Gasteiger partial charge in [0.25, 0.3) is 0 Å². The molecule has 2 aromatic rings. The number of allylic oxidation sites excluding steroid dienone is 1. The Bertz CT molecular complexity index is 675. The van der Waals surface area contributed by atoms with Crippen LogP contribution in [0.5, 0.6) is 5.75 Å². The highest BCUT2D eigenvalue weighted by Crippen LogP contribution is 2.30. The van der Waals surface area contributed by atoms with Crippen LogP contribution < -0.4 is 0 Å². The molecule has 0 aliphatic heterocycles. The Morgan fingerprint density at radius 3 is 2.36 bits per heavy atom. The number of phenolic OH excluding ortho intramolecular Hbond substituents is 1. The van der Waals surface area contributed by atoms with Crippen molar-refractivity contribution in [3.8, 4) is 5.75 Å². The SMILES string of the molecule is CCCCCCC/C(=C/c1ccc2cccnc2c1O)CCCCC. The Morgan fingerprint density at radius 2 is 1.60 bits per heavy atom. The van der Waals surface area contributed by atoms with Crippen molar-refractivity contribution >= 4 is 17.0 Å². The summed E-state index contributed by atoms with van der Waals surface area (Å²) in [5.74, 6) is 0.317. The van der Waals surface area contributed by atoms with Crippen molar-refractivity contribution < 1.29 is 5.11 Å². The lowest BCUT2D eigenvalue weighted by Crippen LogP contribution is -1.89. The molecule has 0 spiro atoms. The molecular formula is C23H33NO. The van der Waals surface area contributed by atoms with Crippen LogP contribution >= 0.6 is 0 Å². The number of nitrogens with zero attached hydrogens (tertiary/aromatic N) is 1. The normalized spacial score (nSPS) is 12.0. The summed E-state index contributed by atoms with van der Waals surface area (Å²) < 4.78 is 0. The monoisotopic (exact) mass is 339 g/mol. The van der Waals surface area contributed by atoms with E-state index in [1.54, 1.807) is 6.20 Å². The maximum atomic E-state index is 10.6. The average Bonchev–Trinajstić information content (AvgIpc) is 2.64. The van der Waals surface area contributed by atoms with Crippen LogP contribution in [0.2, 0.25) is 0 Å². The van der Waals surface area contributed by atoms with Gasteiger partial charge < -0.3 is 5.11 Å². The Labute approximate surface area is 153 Å². The van der Waals surface area contributed by atoms with Gasteiger partial charge in [0, 0.05) is 17.1 Å². The molecule has 0 fully saturated rings. The topological polar surface area (TPSA) is 33.1 Å². The van der Waals surface area contributed by atoms with Gasteiger partial charge >= 0.3 is 0 Å². The lowest BCUT2D eigenvalue weighted by molar-refractivity contribution is 0.479. The number of phenols is 1. The summed E-state index contributed by atoms with van der Waals surface area (Å²) in [4.78, 5) is 4.34. The standard InChI is InChI=1S/C23H33NO/c1-3-5-7-8-10-13-19(12-9-6-4-2)18-21-16-15-20-14-11-17-24-22(20)23(21)25/h11,14-18,25H,3-10,12-13H2,1-2H3/b19-18+. The van der Waals surface area contributed by atoms with Crippen molar-refractivity contribution in [3.63, 3.8) is 0 Å². The lowest BCUT2D eigenvalue weighted by Gasteiger charge is -2.10. The number of aromatic hydroxyl groups is 1. The van der Waals surface area contributed by atoms with Gasteiger partial charge in [0.05, 0.1) is 0 Å². The zero-order chi connectivity index (χ0) is 17.9. The molecule has 2 heteroatoms. The highest BCUT2D eigenvalue weighted by atomic mass is 16.3. The number of unbranched alkanes of at least 4 members (excludes halogenated alkanes) is 6. The third kappa shape index (κ3) is 6.19. The molecule has 0 radical (unpaired) electrons. The summed E-state index contributed by atoms with van der Waals surface area (Å²) in [5, 5.41) is 11.6. The molecule has 136 valence electrons. The van der Waals surface area contributed by atoms with Gasteiger partial charge in [0.1, 0.15) is 11.3 Å². The molecule has 1 aromatic carbocycles. The summed E-state index contributed by atoms with van der Waals surface area (Å²) in [7, 11) is 0. The number of hydrogen-bond donors (Lipinski definition) is 1. The van der Waals surface area contributed by atoms with Crippen molar-refractivity contribution in [2.45, 2.75) is 78.1 Å². The molecule has 0 aliphatic rings. The van der Waals surface area contributed by atoms with Gasteiger partial charge in [0.15, 0.2) is 0 Å². The summed E-state index contributed by atoms with van der Waals surface area (Å²) >= 11 is 0.